The van der Waals surface area contributed by atoms with E-state index in [1.807, 2.05) is 72.8 Å². The molecule has 13 nitrogen and oxygen atoms in total. The third-order valence-corrected chi connectivity index (χ3v) is 14.5. The van der Waals surface area contributed by atoms with Crippen molar-refractivity contribution >= 4 is 87.3 Å². The molecule has 5 heterocycles. The summed E-state index contributed by atoms with van der Waals surface area (Å²) in [5, 5.41) is 33.0. The van der Waals surface area contributed by atoms with E-state index >= 15 is 0 Å². The lowest BCUT2D eigenvalue weighted by atomic mass is 9.92. The zero-order chi connectivity index (χ0) is 49.1. The lowest BCUT2D eigenvalue weighted by Crippen LogP contribution is -2.31. The number of fused-ring (bicyclic) bond motifs is 3. The number of benzene rings is 5. The Morgan fingerprint density at radius 2 is 1.07 bits per heavy atom. The molecule has 5 aromatic carbocycles. The van der Waals surface area contributed by atoms with Gasteiger partial charge in [0, 0.05) is 37.6 Å². The molecule has 0 spiro atoms. The number of nitrogens with zero attached hydrogens (tertiary/aromatic N) is 2. The van der Waals surface area contributed by atoms with E-state index in [2.05, 4.69) is 109 Å². The number of carboxylic acid groups (broad SMARTS) is 1. The highest BCUT2D eigenvalue weighted by molar-refractivity contribution is 9.11. The number of carbonyl (C=O) groups is 2. The normalized spacial score (nSPS) is 18.3. The minimum Gasteiger partial charge on any atom is -0.481 e. The first-order valence-electron chi connectivity index (χ1n) is 22.6. The molecule has 10 rings (SSSR count). The molecule has 0 fully saturated rings. The van der Waals surface area contributed by atoms with Crippen molar-refractivity contribution in [1.29, 1.82) is 0 Å². The maximum Gasteiger partial charge on any atom is 0.339 e. The first-order chi connectivity index (χ1) is 33.5. The smallest absolute Gasteiger partial charge is 0.339 e. The molecule has 3 atom stereocenters. The number of aliphatic carboxylic acids is 1. The van der Waals surface area contributed by atoms with Crippen LogP contribution in [0.5, 0.6) is 0 Å². The fourth-order valence-electron chi connectivity index (χ4n) is 8.19. The molecule has 0 radical (unpaired) electrons. The number of ether oxygens (including phenoxy) is 4. The Kier molecular flexibility index (Phi) is 21.9. The van der Waals surface area contributed by atoms with E-state index in [-0.39, 0.29) is 37.8 Å². The van der Waals surface area contributed by atoms with Crippen molar-refractivity contribution in [3.63, 3.8) is 0 Å². The molecule has 366 valence electrons. The Morgan fingerprint density at radius 3 is 1.58 bits per heavy atom. The highest BCUT2D eigenvalue weighted by Crippen LogP contribution is 2.35. The van der Waals surface area contributed by atoms with Crippen LogP contribution in [0.3, 0.4) is 0 Å². The van der Waals surface area contributed by atoms with Crippen LogP contribution in [-0.2, 0) is 67.2 Å². The van der Waals surface area contributed by atoms with Gasteiger partial charge in [0.15, 0.2) is 6.10 Å². The van der Waals surface area contributed by atoms with Crippen LogP contribution in [0, 0.1) is 0 Å². The van der Waals surface area contributed by atoms with E-state index in [4.69, 9.17) is 29.2 Å². The van der Waals surface area contributed by atoms with Crippen molar-refractivity contribution in [1.82, 2.24) is 10.6 Å². The van der Waals surface area contributed by atoms with Crippen molar-refractivity contribution in [2.45, 2.75) is 57.0 Å². The maximum atomic E-state index is 11.5. The predicted octanol–water partition coefficient (Wildman–Crippen LogP) is 9.16. The van der Waals surface area contributed by atoms with Gasteiger partial charge in [-0.15, -0.1) is 0 Å². The van der Waals surface area contributed by atoms with Crippen LogP contribution in [0.15, 0.2) is 131 Å². The van der Waals surface area contributed by atoms with Crippen LogP contribution >= 0.6 is 63.7 Å². The van der Waals surface area contributed by atoms with Gasteiger partial charge in [0.25, 0.3) is 0 Å². The van der Waals surface area contributed by atoms with Crippen molar-refractivity contribution < 1.29 is 43.9 Å². The van der Waals surface area contributed by atoms with E-state index < -0.39 is 12.1 Å². The molecular formula is C52H56Br4N4O9. The van der Waals surface area contributed by atoms with Gasteiger partial charge in [-0.05, 0) is 100 Å². The number of rotatable bonds is 8. The molecule has 0 saturated carbocycles. The Morgan fingerprint density at radius 1 is 0.609 bits per heavy atom. The average Bonchev–Trinajstić information content (AvgIpc) is 4.12. The molecule has 0 amide bonds. The van der Waals surface area contributed by atoms with Crippen LogP contribution in [0.1, 0.15) is 68.4 Å². The number of esters is 1. The molecule has 17 heteroatoms. The van der Waals surface area contributed by atoms with Gasteiger partial charge in [-0.3, -0.25) is 14.8 Å². The first-order valence-corrected chi connectivity index (χ1v) is 25.8. The number of amidine groups is 2. The number of aliphatic hydroxyl groups is 2. The summed E-state index contributed by atoms with van der Waals surface area (Å²) in [4.78, 5) is 30.7. The second-order valence-electron chi connectivity index (χ2n) is 15.9. The van der Waals surface area contributed by atoms with Crippen LogP contribution in [0.25, 0.3) is 0 Å². The Labute approximate surface area is 436 Å². The summed E-state index contributed by atoms with van der Waals surface area (Å²) in [7, 11) is 1.37. The number of carbonyl (C=O) groups excluding carboxylic acids is 1. The molecule has 5 aliphatic heterocycles. The summed E-state index contributed by atoms with van der Waals surface area (Å²) in [5.74, 6) is 0.769. The van der Waals surface area contributed by atoms with Crippen molar-refractivity contribution in [2.75, 3.05) is 59.7 Å². The molecule has 3 unspecified atom stereocenters. The molecule has 5 N–H and O–H groups in total. The minimum absolute atomic E-state index is 0.00347. The quantitative estimate of drug-likeness (QED) is 0.0936. The van der Waals surface area contributed by atoms with Gasteiger partial charge in [-0.1, -0.05) is 143 Å². The number of halogens is 4. The molecule has 69 heavy (non-hydrogen) atoms. The highest BCUT2D eigenvalue weighted by atomic mass is 79.9. The number of hydrogen-bond acceptors (Lipinski definition) is 12. The van der Waals surface area contributed by atoms with Crippen molar-refractivity contribution in [2.24, 2.45) is 9.98 Å². The van der Waals surface area contributed by atoms with Crippen molar-refractivity contribution in [3.8, 4) is 0 Å². The average molecular weight is 1200 g/mol. The molecule has 0 saturated heterocycles. The minimum atomic E-state index is -0.808. The van der Waals surface area contributed by atoms with Crippen LogP contribution < -0.4 is 10.6 Å². The topological polar surface area (TPSA) is 181 Å². The largest absolute Gasteiger partial charge is 0.481 e. The van der Waals surface area contributed by atoms with Gasteiger partial charge in [0.2, 0.25) is 0 Å². The van der Waals surface area contributed by atoms with Crippen LogP contribution in [0.4, 0.5) is 0 Å². The predicted molar refractivity (Wildman–Crippen MR) is 281 cm³/mol. The molecule has 0 bridgehead atoms. The summed E-state index contributed by atoms with van der Waals surface area (Å²) >= 11 is 13.7. The monoisotopic (exact) mass is 1200 g/mol. The van der Waals surface area contributed by atoms with Gasteiger partial charge in [0.05, 0.1) is 53.0 Å². The van der Waals surface area contributed by atoms with E-state index in [1.54, 1.807) is 6.07 Å². The second-order valence-corrected chi connectivity index (χ2v) is 19.3. The lowest BCUT2D eigenvalue weighted by molar-refractivity contribution is -0.155. The third-order valence-electron chi connectivity index (χ3n) is 11.5. The van der Waals surface area contributed by atoms with E-state index in [0.717, 1.165) is 117 Å². The van der Waals surface area contributed by atoms with E-state index in [0.29, 0.717) is 13.2 Å². The van der Waals surface area contributed by atoms with Crippen molar-refractivity contribution in [3.05, 3.63) is 171 Å². The van der Waals surface area contributed by atoms with Gasteiger partial charge in [-0.2, -0.15) is 0 Å². The van der Waals surface area contributed by atoms with E-state index in [1.165, 1.54) is 28.3 Å². The standard InChI is InChI=1S/C13H16N2O2.C12H13BrN2O.C11H11BrO3.C8H7BrO2.C8H9BrO/c16-8-9-2-1-3-11-10(9)4-7-17-12(11)13-14-5-6-15-13;13-10-3-1-2-9-8(10)4-7-16-11(9)12-14-5-6-15-12;1-14-11(13)10-8-3-2-4-9(12)7(8)5-6-15-10;9-7-4-2-1-3-6(7)5-8(10)11;9-8-4-2-1-3-7(8)5-6-10/h1-3,12,16H,4-8H2,(H,14,15);1-3,11H,4-7H2,(H,14,15);2-4,10H,5-6H2,1H3;1-4H,5H2,(H,10,11);1-4,10H,5-6H2. The van der Waals surface area contributed by atoms with Gasteiger partial charge >= 0.3 is 11.9 Å². The number of hydrogen-bond donors (Lipinski definition) is 5. The number of carboxylic acids is 1. The number of nitrogens with one attached hydrogen (secondary N) is 2. The SMILES string of the molecule is Brc1cccc2c1CCOC2C1=NCCN1.COC(=O)C1OCCc2c(Br)cccc21.O=C(O)Cc1ccccc1Br.OCCc1ccccc1Br.OCc1cccc2c1CCOC2C1=NCCN1. The fourth-order valence-corrected chi connectivity index (χ4v) is 10.3. The van der Waals surface area contributed by atoms with Crippen LogP contribution in [0.2, 0.25) is 0 Å². The number of aliphatic hydroxyl groups excluding tert-OH is 2. The molecule has 5 aliphatic rings. The Balaban J connectivity index is 0.000000144. The molecule has 0 aromatic heterocycles. The van der Waals surface area contributed by atoms with Gasteiger partial charge < -0.3 is 44.9 Å². The zero-order valence-electron chi connectivity index (χ0n) is 38.1. The van der Waals surface area contributed by atoms with E-state index in [9.17, 15) is 14.7 Å². The molecule has 0 aliphatic carbocycles. The maximum absolute atomic E-state index is 11.5. The first kappa shape index (κ1) is 54.0. The summed E-state index contributed by atoms with van der Waals surface area (Å²) in [6.45, 7) is 5.82. The number of aliphatic imine (C=N–C) groups is 2. The summed E-state index contributed by atoms with van der Waals surface area (Å²) in [5.41, 5.74) is 9.99. The second kappa shape index (κ2) is 27.9. The fraction of sp³-hybridized carbons (Fsp3) is 0.346. The van der Waals surface area contributed by atoms with Gasteiger partial charge in [-0.25, -0.2) is 4.79 Å². The molecular weight excluding hydrogens is 1140 g/mol. The molecule has 5 aromatic rings. The summed E-state index contributed by atoms with van der Waals surface area (Å²) in [6.07, 6.45) is 2.82. The summed E-state index contributed by atoms with van der Waals surface area (Å²) in [6, 6.07) is 33.3. The van der Waals surface area contributed by atoms with Gasteiger partial charge in [0.1, 0.15) is 23.9 Å². The third kappa shape index (κ3) is 15.1. The highest BCUT2D eigenvalue weighted by Gasteiger charge is 2.31. The number of methoxy groups -OCH3 is 1. The Bertz CT molecular complexity index is 2580. The Hall–Kier alpha value is -4.30. The zero-order valence-corrected chi connectivity index (χ0v) is 44.5. The lowest BCUT2D eigenvalue weighted by Gasteiger charge is -2.27. The van der Waals surface area contributed by atoms with Crippen LogP contribution in [-0.4, -0.2) is 98.6 Å². The summed E-state index contributed by atoms with van der Waals surface area (Å²) < 4.78 is 25.9.